The second kappa shape index (κ2) is 6.18. The Morgan fingerprint density at radius 3 is 2.17 bits per heavy atom. The van der Waals surface area contributed by atoms with E-state index >= 15 is 0 Å². The van der Waals surface area contributed by atoms with Gasteiger partial charge < -0.3 is 14.2 Å². The summed E-state index contributed by atoms with van der Waals surface area (Å²) in [5, 5.41) is 0. The van der Waals surface area contributed by atoms with Crippen molar-refractivity contribution < 1.29 is 28.6 Å². The first-order valence-electron chi connectivity index (χ1n) is 5.50. The first kappa shape index (κ1) is 14.2. The van der Waals surface area contributed by atoms with Crippen LogP contribution in [0, 0.1) is 11.8 Å². The predicted octanol–water partition coefficient (Wildman–Crippen LogP) is 0.456. The summed E-state index contributed by atoms with van der Waals surface area (Å²) < 4.78 is 14.3. The van der Waals surface area contributed by atoms with Gasteiger partial charge in [0.25, 0.3) is 0 Å². The van der Waals surface area contributed by atoms with Gasteiger partial charge in [-0.3, -0.25) is 14.4 Å². The Hall–Kier alpha value is -1.85. The van der Waals surface area contributed by atoms with E-state index in [0.717, 1.165) is 0 Å². The van der Waals surface area contributed by atoms with Gasteiger partial charge in [0.1, 0.15) is 6.10 Å². The molecule has 0 saturated heterocycles. The van der Waals surface area contributed by atoms with Gasteiger partial charge in [-0.25, -0.2) is 0 Å². The molecule has 1 rings (SSSR count). The summed E-state index contributed by atoms with van der Waals surface area (Å²) in [5.41, 5.74) is 0. The van der Waals surface area contributed by atoms with E-state index in [0.29, 0.717) is 0 Å². The number of esters is 3. The van der Waals surface area contributed by atoms with Gasteiger partial charge >= 0.3 is 17.9 Å². The van der Waals surface area contributed by atoms with Crippen LogP contribution in [-0.4, -0.2) is 38.2 Å². The molecule has 0 aromatic heterocycles. The smallest absolute Gasteiger partial charge is 0.313 e. The van der Waals surface area contributed by atoms with Crippen molar-refractivity contribution in [1.82, 2.24) is 0 Å². The van der Waals surface area contributed by atoms with E-state index in [-0.39, 0.29) is 6.42 Å². The maximum absolute atomic E-state index is 11.6. The van der Waals surface area contributed by atoms with Crippen molar-refractivity contribution in [1.29, 1.82) is 0 Å². The van der Waals surface area contributed by atoms with Crippen molar-refractivity contribution >= 4 is 17.9 Å². The number of methoxy groups -OCH3 is 2. The minimum absolute atomic E-state index is 0.211. The molecule has 0 bridgehead atoms. The summed E-state index contributed by atoms with van der Waals surface area (Å²) in [5.74, 6) is -2.87. The number of ether oxygens (including phenoxy) is 3. The predicted molar refractivity (Wildman–Crippen MR) is 60.3 cm³/mol. The van der Waals surface area contributed by atoms with Crippen LogP contribution in [0.25, 0.3) is 0 Å². The third-order valence-corrected chi connectivity index (χ3v) is 2.75. The molecule has 0 N–H and O–H groups in total. The molecule has 0 radical (unpaired) electrons. The van der Waals surface area contributed by atoms with Gasteiger partial charge in [-0.2, -0.15) is 0 Å². The fourth-order valence-corrected chi connectivity index (χ4v) is 1.93. The largest absolute Gasteiger partial charge is 0.469 e. The third-order valence-electron chi connectivity index (χ3n) is 2.75. The molecule has 1 aliphatic rings. The summed E-state index contributed by atoms with van der Waals surface area (Å²) >= 11 is 0. The van der Waals surface area contributed by atoms with E-state index in [1.165, 1.54) is 27.2 Å². The van der Waals surface area contributed by atoms with Crippen LogP contribution in [0.2, 0.25) is 0 Å². The third kappa shape index (κ3) is 3.32. The quantitative estimate of drug-likeness (QED) is 0.414. The lowest BCUT2D eigenvalue weighted by atomic mass is 9.82. The monoisotopic (exact) mass is 256 g/mol. The van der Waals surface area contributed by atoms with Crippen LogP contribution >= 0.6 is 0 Å². The highest BCUT2D eigenvalue weighted by Gasteiger charge is 2.38. The zero-order chi connectivity index (χ0) is 13.7. The van der Waals surface area contributed by atoms with Gasteiger partial charge in [0.2, 0.25) is 0 Å². The Kier molecular flexibility index (Phi) is 4.88. The Labute approximate surface area is 105 Å². The molecule has 0 amide bonds. The average molecular weight is 256 g/mol. The van der Waals surface area contributed by atoms with Crippen molar-refractivity contribution in [2.24, 2.45) is 11.8 Å². The maximum atomic E-state index is 11.6. The first-order chi connectivity index (χ1) is 8.49. The van der Waals surface area contributed by atoms with E-state index in [2.05, 4.69) is 9.47 Å². The van der Waals surface area contributed by atoms with Gasteiger partial charge in [-0.1, -0.05) is 6.08 Å². The van der Waals surface area contributed by atoms with Gasteiger partial charge in [0, 0.05) is 13.3 Å². The van der Waals surface area contributed by atoms with E-state index in [4.69, 9.17) is 4.74 Å². The lowest BCUT2D eigenvalue weighted by Crippen LogP contribution is -2.36. The fourth-order valence-electron chi connectivity index (χ4n) is 1.93. The highest BCUT2D eigenvalue weighted by atomic mass is 16.5. The number of rotatable bonds is 3. The average Bonchev–Trinajstić information content (AvgIpc) is 2.36. The van der Waals surface area contributed by atoms with Gasteiger partial charge in [0.15, 0.2) is 0 Å². The number of hydrogen-bond acceptors (Lipinski definition) is 6. The Morgan fingerprint density at radius 1 is 1.06 bits per heavy atom. The van der Waals surface area contributed by atoms with Crippen LogP contribution in [0.5, 0.6) is 0 Å². The van der Waals surface area contributed by atoms with Crippen LogP contribution in [0.4, 0.5) is 0 Å². The van der Waals surface area contributed by atoms with Crippen LogP contribution in [0.1, 0.15) is 13.3 Å². The minimum Gasteiger partial charge on any atom is -0.469 e. The van der Waals surface area contributed by atoms with Crippen LogP contribution in [-0.2, 0) is 28.6 Å². The van der Waals surface area contributed by atoms with E-state index in [1.807, 2.05) is 0 Å². The zero-order valence-electron chi connectivity index (χ0n) is 10.5. The van der Waals surface area contributed by atoms with Crippen molar-refractivity contribution in [3.63, 3.8) is 0 Å². The van der Waals surface area contributed by atoms with Gasteiger partial charge in [0.05, 0.1) is 26.1 Å². The van der Waals surface area contributed by atoms with Gasteiger partial charge in [-0.05, 0) is 6.08 Å². The van der Waals surface area contributed by atoms with Crippen molar-refractivity contribution in [2.45, 2.75) is 19.4 Å². The lowest BCUT2D eigenvalue weighted by Gasteiger charge is -2.27. The first-order valence-corrected chi connectivity index (χ1v) is 5.50. The molecule has 100 valence electrons. The number of carbonyl (C=O) groups excluding carboxylic acids is 3. The Morgan fingerprint density at radius 2 is 1.67 bits per heavy atom. The van der Waals surface area contributed by atoms with E-state index < -0.39 is 35.8 Å². The van der Waals surface area contributed by atoms with Crippen molar-refractivity contribution in [2.75, 3.05) is 14.2 Å². The summed E-state index contributed by atoms with van der Waals surface area (Å²) in [4.78, 5) is 34.0. The molecule has 0 fully saturated rings. The lowest BCUT2D eigenvalue weighted by molar-refractivity contribution is -0.159. The minimum atomic E-state index is -0.700. The van der Waals surface area contributed by atoms with Gasteiger partial charge in [-0.15, -0.1) is 0 Å². The second-order valence-electron chi connectivity index (χ2n) is 3.95. The summed E-state index contributed by atoms with van der Waals surface area (Å²) in [6, 6.07) is 0. The molecule has 6 nitrogen and oxygen atoms in total. The highest BCUT2D eigenvalue weighted by molar-refractivity contribution is 5.84. The maximum Gasteiger partial charge on any atom is 0.313 e. The molecule has 0 heterocycles. The van der Waals surface area contributed by atoms with Crippen molar-refractivity contribution in [3.05, 3.63) is 12.2 Å². The molecule has 0 saturated carbocycles. The molecule has 0 spiro atoms. The van der Waals surface area contributed by atoms with Crippen LogP contribution in [0.3, 0.4) is 0 Å². The SMILES string of the molecule is COC(=O)[C@H]1C=C[C@H](OC(C)=O)C[C@@H]1C(=O)OC. The molecule has 0 aromatic carbocycles. The van der Waals surface area contributed by atoms with E-state index in [1.54, 1.807) is 6.08 Å². The fraction of sp³-hybridized carbons (Fsp3) is 0.583. The Bertz CT molecular complexity index is 373. The molecular weight excluding hydrogens is 240 g/mol. The standard InChI is InChI=1S/C12H16O6/c1-7(13)18-8-4-5-9(11(14)16-2)10(6-8)12(15)17-3/h4-5,8-10H,6H2,1-3H3/t8-,9-,10-/m0/s1. The molecule has 0 aromatic rings. The number of hydrogen-bond donors (Lipinski definition) is 0. The van der Waals surface area contributed by atoms with Crippen LogP contribution in [0.15, 0.2) is 12.2 Å². The molecular formula is C12H16O6. The summed E-state index contributed by atoms with van der Waals surface area (Å²) in [6.07, 6.45) is 2.79. The number of carbonyl (C=O) groups is 3. The zero-order valence-corrected chi connectivity index (χ0v) is 10.5. The molecule has 0 aliphatic heterocycles. The van der Waals surface area contributed by atoms with E-state index in [9.17, 15) is 14.4 Å². The van der Waals surface area contributed by atoms with Crippen molar-refractivity contribution in [3.8, 4) is 0 Å². The normalized spacial score (nSPS) is 26.3. The molecule has 0 unspecified atom stereocenters. The summed E-state index contributed by atoms with van der Waals surface area (Å²) in [7, 11) is 2.50. The highest BCUT2D eigenvalue weighted by Crippen LogP contribution is 2.28. The topological polar surface area (TPSA) is 78.9 Å². The molecule has 18 heavy (non-hydrogen) atoms. The Balaban J connectivity index is 2.87. The second-order valence-corrected chi connectivity index (χ2v) is 3.95. The molecule has 3 atom stereocenters. The molecule has 1 aliphatic carbocycles. The summed E-state index contributed by atoms with van der Waals surface area (Å²) in [6.45, 7) is 1.29. The molecule has 6 heteroatoms. The van der Waals surface area contributed by atoms with Crippen LogP contribution < -0.4 is 0 Å².